The van der Waals surface area contributed by atoms with Crippen LogP contribution in [0.25, 0.3) is 0 Å². The van der Waals surface area contributed by atoms with E-state index in [0.29, 0.717) is 0 Å². The standard InChI is InChI=1S/2C8H16O2.H2O.Ti/c2*1-2-3-4-5-6-7-8(9)10;;/h2*2-7H2,1H3,(H,9,10);1H2;/q;;;+2/p-2. The first-order valence-electron chi connectivity index (χ1n) is 7.94. The topological polar surface area (TPSA) is 112 Å². The Kier molecular flexibility index (Phi) is 34.4. The molecule has 0 fully saturated rings. The fraction of sp³-hybridized carbons (Fsp3) is 0.875. The maximum absolute atomic E-state index is 9.92. The van der Waals surface area contributed by atoms with Crippen molar-refractivity contribution >= 4 is 11.9 Å². The third-order valence-electron chi connectivity index (χ3n) is 2.97. The molecule has 0 spiro atoms. The molecule has 0 aliphatic carbocycles. The van der Waals surface area contributed by atoms with E-state index in [4.69, 9.17) is 0 Å². The monoisotopic (exact) mass is 352 g/mol. The van der Waals surface area contributed by atoms with Crippen molar-refractivity contribution in [2.45, 2.75) is 90.9 Å². The van der Waals surface area contributed by atoms with Crippen molar-refractivity contribution < 1.29 is 47.0 Å². The molecule has 0 bridgehead atoms. The van der Waals surface area contributed by atoms with Crippen molar-refractivity contribution in [1.82, 2.24) is 0 Å². The van der Waals surface area contributed by atoms with Crippen LogP contribution in [0.5, 0.6) is 0 Å². The minimum absolute atomic E-state index is 0. The number of unbranched alkanes of at least 4 members (excludes halogenated alkanes) is 8. The van der Waals surface area contributed by atoms with Gasteiger partial charge in [-0.2, -0.15) is 0 Å². The Morgan fingerprint density at radius 3 is 1.14 bits per heavy atom. The van der Waals surface area contributed by atoms with Crippen LogP contribution in [-0.2, 0) is 31.3 Å². The van der Waals surface area contributed by atoms with Crippen LogP contribution < -0.4 is 10.2 Å². The molecule has 0 aliphatic heterocycles. The summed E-state index contributed by atoms with van der Waals surface area (Å²) in [7, 11) is 0. The predicted octanol–water partition coefficient (Wildman–Crippen LogP) is 1.37. The van der Waals surface area contributed by atoms with Crippen molar-refractivity contribution in [3.63, 3.8) is 0 Å². The molecule has 130 valence electrons. The molecule has 0 aromatic carbocycles. The Labute approximate surface area is 150 Å². The van der Waals surface area contributed by atoms with Crippen LogP contribution in [0.15, 0.2) is 0 Å². The summed E-state index contributed by atoms with van der Waals surface area (Å²) in [5.41, 5.74) is 0. The van der Waals surface area contributed by atoms with E-state index in [2.05, 4.69) is 13.8 Å². The minimum atomic E-state index is -0.920. The van der Waals surface area contributed by atoms with E-state index in [-0.39, 0.29) is 40.0 Å². The zero-order chi connectivity index (χ0) is 15.6. The van der Waals surface area contributed by atoms with Gasteiger partial charge in [-0.1, -0.05) is 65.2 Å². The second-order valence-electron chi connectivity index (χ2n) is 5.07. The zero-order valence-electron chi connectivity index (χ0n) is 14.1. The summed E-state index contributed by atoms with van der Waals surface area (Å²) < 4.78 is 0. The first-order valence-corrected chi connectivity index (χ1v) is 7.94. The van der Waals surface area contributed by atoms with Crippen molar-refractivity contribution in [1.29, 1.82) is 0 Å². The van der Waals surface area contributed by atoms with Crippen LogP contribution in [0.1, 0.15) is 90.9 Å². The Bertz CT molecular complexity index is 211. The van der Waals surface area contributed by atoms with Crippen LogP contribution in [-0.4, -0.2) is 17.4 Å². The third kappa shape index (κ3) is 36.7. The minimum Gasteiger partial charge on any atom is -0.550 e. The molecule has 0 unspecified atom stereocenters. The quantitative estimate of drug-likeness (QED) is 0.390. The van der Waals surface area contributed by atoms with E-state index in [1.807, 2.05) is 0 Å². The van der Waals surface area contributed by atoms with Gasteiger partial charge in [-0.15, -0.1) is 0 Å². The molecule has 0 aromatic heterocycles. The number of carboxylic acid groups (broad SMARTS) is 2. The van der Waals surface area contributed by atoms with E-state index in [1.165, 1.54) is 25.7 Å². The van der Waals surface area contributed by atoms with Gasteiger partial charge in [0.15, 0.2) is 0 Å². The van der Waals surface area contributed by atoms with Gasteiger partial charge >= 0.3 is 21.7 Å². The summed E-state index contributed by atoms with van der Waals surface area (Å²) in [4.78, 5) is 19.8. The molecule has 0 aromatic rings. The summed E-state index contributed by atoms with van der Waals surface area (Å²) in [5.74, 6) is -1.84. The van der Waals surface area contributed by atoms with Crippen molar-refractivity contribution in [2.75, 3.05) is 0 Å². The molecule has 2 N–H and O–H groups in total. The molecule has 0 saturated carbocycles. The molecule has 0 rings (SSSR count). The fourth-order valence-corrected chi connectivity index (χ4v) is 1.75. The number of hydrogen-bond acceptors (Lipinski definition) is 4. The van der Waals surface area contributed by atoms with Gasteiger partial charge < -0.3 is 25.3 Å². The number of carbonyl (C=O) groups is 2. The molecule has 0 saturated heterocycles. The van der Waals surface area contributed by atoms with Gasteiger partial charge in [0.2, 0.25) is 0 Å². The smallest absolute Gasteiger partial charge is 0.550 e. The summed E-state index contributed by atoms with van der Waals surface area (Å²) in [6.07, 6.45) is 11.2. The van der Waals surface area contributed by atoms with Crippen LogP contribution in [0.2, 0.25) is 0 Å². The van der Waals surface area contributed by atoms with E-state index in [0.717, 1.165) is 38.5 Å². The van der Waals surface area contributed by atoms with Crippen LogP contribution in [0.3, 0.4) is 0 Å². The first kappa shape index (κ1) is 29.6. The molecular formula is C16H32O5Ti. The average Bonchev–Trinajstić information content (AvgIpc) is 2.38. The van der Waals surface area contributed by atoms with E-state index < -0.39 is 11.9 Å². The molecule has 22 heavy (non-hydrogen) atoms. The van der Waals surface area contributed by atoms with Gasteiger partial charge in [0.05, 0.1) is 0 Å². The van der Waals surface area contributed by atoms with E-state index in [1.54, 1.807) is 0 Å². The van der Waals surface area contributed by atoms with Gasteiger partial charge in [-0.25, -0.2) is 0 Å². The molecule has 5 nitrogen and oxygen atoms in total. The SMILES string of the molecule is CCCCCCCC(=O)[O-].CCCCCCCC(=O)[O-].O.[Ti+2]. The zero-order valence-corrected chi connectivity index (χ0v) is 15.7. The summed E-state index contributed by atoms with van der Waals surface area (Å²) >= 11 is 0. The molecule has 0 atom stereocenters. The first-order chi connectivity index (χ1) is 9.54. The van der Waals surface area contributed by atoms with Crippen molar-refractivity contribution in [3.8, 4) is 0 Å². The predicted molar refractivity (Wildman–Crippen MR) is 80.4 cm³/mol. The number of hydrogen-bond donors (Lipinski definition) is 0. The summed E-state index contributed by atoms with van der Waals surface area (Å²) in [5, 5.41) is 19.8. The second-order valence-corrected chi connectivity index (χ2v) is 5.07. The normalized spacial score (nSPS) is 8.82. The van der Waals surface area contributed by atoms with Crippen LogP contribution >= 0.6 is 0 Å². The summed E-state index contributed by atoms with van der Waals surface area (Å²) in [6, 6.07) is 0. The van der Waals surface area contributed by atoms with E-state index in [9.17, 15) is 19.8 Å². The van der Waals surface area contributed by atoms with Gasteiger partial charge in [0, 0.05) is 11.9 Å². The van der Waals surface area contributed by atoms with E-state index >= 15 is 0 Å². The molecule has 0 radical (unpaired) electrons. The summed E-state index contributed by atoms with van der Waals surface area (Å²) in [6.45, 7) is 4.28. The van der Waals surface area contributed by atoms with Crippen molar-refractivity contribution in [2.24, 2.45) is 0 Å². The van der Waals surface area contributed by atoms with Gasteiger partial charge in [0.1, 0.15) is 0 Å². The molecule has 0 amide bonds. The van der Waals surface area contributed by atoms with Crippen LogP contribution in [0, 0.1) is 0 Å². The number of carboxylic acids is 2. The van der Waals surface area contributed by atoms with Gasteiger partial charge in [0.25, 0.3) is 0 Å². The Balaban J connectivity index is -0.000000135. The molecule has 0 aliphatic rings. The Hall–Kier alpha value is -0.386. The number of carbonyl (C=O) groups excluding carboxylic acids is 2. The van der Waals surface area contributed by atoms with Gasteiger partial charge in [-0.05, 0) is 25.7 Å². The average molecular weight is 352 g/mol. The number of aliphatic carboxylic acids is 2. The Morgan fingerprint density at radius 2 is 0.909 bits per heavy atom. The van der Waals surface area contributed by atoms with Gasteiger partial charge in [-0.3, -0.25) is 0 Å². The maximum Gasteiger partial charge on any atom is 2.00 e. The second kappa shape index (κ2) is 25.6. The fourth-order valence-electron chi connectivity index (χ4n) is 1.75. The maximum atomic E-state index is 9.92. The Morgan fingerprint density at radius 1 is 0.636 bits per heavy atom. The number of rotatable bonds is 12. The van der Waals surface area contributed by atoms with Crippen LogP contribution in [0.4, 0.5) is 0 Å². The molecule has 6 heteroatoms. The largest absolute Gasteiger partial charge is 2.00 e. The molecular weight excluding hydrogens is 320 g/mol. The molecule has 0 heterocycles. The third-order valence-corrected chi connectivity index (χ3v) is 2.97. The van der Waals surface area contributed by atoms with Crippen molar-refractivity contribution in [3.05, 3.63) is 0 Å².